The standard InChI is InChI=1S/C14H13ClN2O4/c1-20-14-6-5-9(7-12(14)17(18)19)21-13-4-2-3-11(15)10(13)8-16/h2-7H,8,16H2,1H3. The molecule has 0 bridgehead atoms. The summed E-state index contributed by atoms with van der Waals surface area (Å²) in [5.74, 6) is 0.932. The molecule has 0 saturated heterocycles. The van der Waals surface area contributed by atoms with Gasteiger partial charge in [-0.05, 0) is 24.3 Å². The Kier molecular flexibility index (Phi) is 4.62. The average Bonchev–Trinajstić information content (AvgIpc) is 2.47. The van der Waals surface area contributed by atoms with Crippen LogP contribution in [0.1, 0.15) is 5.56 Å². The van der Waals surface area contributed by atoms with Crippen LogP contribution in [0.2, 0.25) is 5.02 Å². The average molecular weight is 309 g/mol. The number of benzene rings is 2. The van der Waals surface area contributed by atoms with Gasteiger partial charge in [-0.1, -0.05) is 17.7 Å². The maximum absolute atomic E-state index is 11.0. The van der Waals surface area contributed by atoms with E-state index in [-0.39, 0.29) is 18.0 Å². The molecular formula is C14H13ClN2O4. The number of nitro groups is 1. The maximum atomic E-state index is 11.0. The van der Waals surface area contributed by atoms with Crippen LogP contribution in [0.25, 0.3) is 0 Å². The second-order valence-electron chi connectivity index (χ2n) is 4.11. The van der Waals surface area contributed by atoms with Crippen LogP contribution in [0.4, 0.5) is 5.69 Å². The molecule has 0 unspecified atom stereocenters. The topological polar surface area (TPSA) is 87.6 Å². The van der Waals surface area contributed by atoms with E-state index < -0.39 is 4.92 Å². The Balaban J connectivity index is 2.39. The molecule has 2 aromatic carbocycles. The Bertz CT molecular complexity index is 676. The van der Waals surface area contributed by atoms with E-state index in [2.05, 4.69) is 0 Å². The third-order valence-electron chi connectivity index (χ3n) is 2.85. The number of halogens is 1. The van der Waals surface area contributed by atoms with Gasteiger partial charge >= 0.3 is 5.69 Å². The normalized spacial score (nSPS) is 10.2. The fourth-order valence-electron chi connectivity index (χ4n) is 1.84. The number of hydrogen-bond acceptors (Lipinski definition) is 5. The van der Waals surface area contributed by atoms with Gasteiger partial charge in [-0.25, -0.2) is 0 Å². The zero-order valence-corrected chi connectivity index (χ0v) is 12.0. The lowest BCUT2D eigenvalue weighted by molar-refractivity contribution is -0.385. The SMILES string of the molecule is COc1ccc(Oc2cccc(Cl)c2CN)cc1[N+](=O)[O-]. The van der Waals surface area contributed by atoms with Gasteiger partial charge in [0.25, 0.3) is 0 Å². The molecule has 0 heterocycles. The number of rotatable bonds is 5. The van der Waals surface area contributed by atoms with Crippen molar-refractivity contribution in [3.05, 3.63) is 57.1 Å². The lowest BCUT2D eigenvalue weighted by Crippen LogP contribution is -2.01. The fraction of sp³-hybridized carbons (Fsp3) is 0.143. The van der Waals surface area contributed by atoms with Crippen molar-refractivity contribution in [1.29, 1.82) is 0 Å². The fourth-order valence-corrected chi connectivity index (χ4v) is 2.08. The van der Waals surface area contributed by atoms with E-state index in [1.165, 1.54) is 19.2 Å². The predicted molar refractivity (Wildman–Crippen MR) is 79.1 cm³/mol. The van der Waals surface area contributed by atoms with E-state index in [9.17, 15) is 10.1 Å². The lowest BCUT2D eigenvalue weighted by atomic mass is 10.2. The summed E-state index contributed by atoms with van der Waals surface area (Å²) in [5.41, 5.74) is 6.10. The van der Waals surface area contributed by atoms with Crippen molar-refractivity contribution in [2.75, 3.05) is 7.11 Å². The Labute approximate surface area is 126 Å². The van der Waals surface area contributed by atoms with Crippen LogP contribution in [0, 0.1) is 10.1 Å². The second kappa shape index (κ2) is 6.43. The number of nitrogens with two attached hydrogens (primary N) is 1. The van der Waals surface area contributed by atoms with Crippen molar-refractivity contribution < 1.29 is 14.4 Å². The predicted octanol–water partition coefficient (Wildman–Crippen LogP) is 3.51. The van der Waals surface area contributed by atoms with Gasteiger partial charge in [0.2, 0.25) is 0 Å². The molecule has 2 N–H and O–H groups in total. The second-order valence-corrected chi connectivity index (χ2v) is 4.52. The molecule has 0 aliphatic rings. The van der Waals surface area contributed by atoms with Crippen LogP contribution in [0.15, 0.2) is 36.4 Å². The molecule has 0 fully saturated rings. The Morgan fingerprint density at radius 3 is 2.67 bits per heavy atom. The van der Waals surface area contributed by atoms with E-state index >= 15 is 0 Å². The van der Waals surface area contributed by atoms with Gasteiger partial charge in [-0.15, -0.1) is 0 Å². The number of ether oxygens (including phenoxy) is 2. The minimum Gasteiger partial charge on any atom is -0.490 e. The summed E-state index contributed by atoms with van der Waals surface area (Å²) >= 11 is 6.04. The highest BCUT2D eigenvalue weighted by Crippen LogP contribution is 2.35. The molecule has 0 spiro atoms. The largest absolute Gasteiger partial charge is 0.490 e. The molecule has 2 aromatic rings. The molecule has 0 saturated carbocycles. The Morgan fingerprint density at radius 1 is 1.29 bits per heavy atom. The summed E-state index contributed by atoms with van der Waals surface area (Å²) < 4.78 is 10.6. The van der Waals surface area contributed by atoms with Crippen LogP contribution in [-0.2, 0) is 6.54 Å². The van der Waals surface area contributed by atoms with Gasteiger partial charge in [0.1, 0.15) is 11.5 Å². The minimum absolute atomic E-state index is 0.164. The van der Waals surface area contributed by atoms with Crippen LogP contribution < -0.4 is 15.2 Å². The summed E-state index contributed by atoms with van der Waals surface area (Å²) in [4.78, 5) is 10.5. The third-order valence-corrected chi connectivity index (χ3v) is 3.21. The Hall–Kier alpha value is -2.31. The van der Waals surface area contributed by atoms with Gasteiger partial charge in [-0.3, -0.25) is 10.1 Å². The first-order chi connectivity index (χ1) is 10.1. The van der Waals surface area contributed by atoms with Gasteiger partial charge in [0.15, 0.2) is 5.75 Å². The van der Waals surface area contributed by atoms with Crippen molar-refractivity contribution in [2.24, 2.45) is 5.73 Å². The maximum Gasteiger partial charge on any atom is 0.314 e. The molecule has 0 amide bonds. The highest BCUT2D eigenvalue weighted by atomic mass is 35.5. The molecule has 21 heavy (non-hydrogen) atoms. The Morgan fingerprint density at radius 2 is 2.05 bits per heavy atom. The van der Waals surface area contributed by atoms with Crippen molar-refractivity contribution in [2.45, 2.75) is 6.54 Å². The van der Waals surface area contributed by atoms with Crippen molar-refractivity contribution >= 4 is 17.3 Å². The summed E-state index contributed by atoms with van der Waals surface area (Å²) in [5, 5.41) is 11.5. The van der Waals surface area contributed by atoms with Gasteiger partial charge in [0.05, 0.1) is 18.1 Å². The molecule has 0 atom stereocenters. The molecule has 0 aliphatic carbocycles. The van der Waals surface area contributed by atoms with E-state index in [1.54, 1.807) is 24.3 Å². The first kappa shape index (κ1) is 15.1. The number of hydrogen-bond donors (Lipinski definition) is 1. The minimum atomic E-state index is -0.534. The van der Waals surface area contributed by atoms with E-state index in [1.807, 2.05) is 0 Å². The molecule has 0 aliphatic heterocycles. The zero-order chi connectivity index (χ0) is 15.4. The monoisotopic (exact) mass is 308 g/mol. The summed E-state index contributed by atoms with van der Waals surface area (Å²) in [7, 11) is 1.37. The summed E-state index contributed by atoms with van der Waals surface area (Å²) in [6.07, 6.45) is 0. The van der Waals surface area contributed by atoms with E-state index in [0.717, 1.165) is 0 Å². The smallest absolute Gasteiger partial charge is 0.314 e. The molecule has 6 nitrogen and oxygen atoms in total. The molecule has 2 rings (SSSR count). The van der Waals surface area contributed by atoms with Crippen LogP contribution in [-0.4, -0.2) is 12.0 Å². The first-order valence-electron chi connectivity index (χ1n) is 6.04. The number of nitro benzene ring substituents is 1. The number of methoxy groups -OCH3 is 1. The van der Waals surface area contributed by atoms with Crippen LogP contribution in [0.5, 0.6) is 17.2 Å². The van der Waals surface area contributed by atoms with Gasteiger partial charge < -0.3 is 15.2 Å². The quantitative estimate of drug-likeness (QED) is 0.674. The van der Waals surface area contributed by atoms with Crippen LogP contribution >= 0.6 is 11.6 Å². The molecule has 7 heteroatoms. The summed E-state index contributed by atoms with van der Waals surface area (Å²) in [6, 6.07) is 9.46. The molecule has 110 valence electrons. The first-order valence-corrected chi connectivity index (χ1v) is 6.42. The van der Waals surface area contributed by atoms with Gasteiger partial charge in [0, 0.05) is 17.1 Å². The van der Waals surface area contributed by atoms with Gasteiger partial charge in [-0.2, -0.15) is 0 Å². The van der Waals surface area contributed by atoms with E-state index in [4.69, 9.17) is 26.8 Å². The van der Waals surface area contributed by atoms with Crippen molar-refractivity contribution in [3.63, 3.8) is 0 Å². The van der Waals surface area contributed by atoms with Crippen LogP contribution in [0.3, 0.4) is 0 Å². The molecular weight excluding hydrogens is 296 g/mol. The molecule has 0 aromatic heterocycles. The highest BCUT2D eigenvalue weighted by molar-refractivity contribution is 6.31. The van der Waals surface area contributed by atoms with Crippen molar-refractivity contribution in [3.8, 4) is 17.2 Å². The van der Waals surface area contributed by atoms with E-state index in [0.29, 0.717) is 22.1 Å². The third kappa shape index (κ3) is 3.24. The zero-order valence-electron chi connectivity index (χ0n) is 11.2. The summed E-state index contributed by atoms with van der Waals surface area (Å²) in [6.45, 7) is 0.202. The lowest BCUT2D eigenvalue weighted by Gasteiger charge is -2.11. The highest BCUT2D eigenvalue weighted by Gasteiger charge is 2.17. The molecule has 0 radical (unpaired) electrons. The van der Waals surface area contributed by atoms with Crippen molar-refractivity contribution in [1.82, 2.24) is 0 Å². The number of nitrogens with zero attached hydrogens (tertiary/aromatic N) is 1.